The van der Waals surface area contributed by atoms with Gasteiger partial charge in [-0.1, -0.05) is 104 Å². The van der Waals surface area contributed by atoms with Gasteiger partial charge in [-0.15, -0.1) is 0 Å². The van der Waals surface area contributed by atoms with E-state index in [1.165, 1.54) is 0 Å². The predicted octanol–water partition coefficient (Wildman–Crippen LogP) is 5.25. The van der Waals surface area contributed by atoms with Gasteiger partial charge in [0.1, 0.15) is 6.04 Å². The van der Waals surface area contributed by atoms with Crippen LogP contribution in [0.5, 0.6) is 0 Å². The molecule has 2 amide bonds. The van der Waals surface area contributed by atoms with Gasteiger partial charge in [0.25, 0.3) is 0 Å². The number of nitrogens with one attached hydrogen (secondary N) is 1. The molecule has 0 saturated carbocycles. The maximum Gasteiger partial charge on any atom is 0.243 e. The molecule has 0 radical (unpaired) electrons. The summed E-state index contributed by atoms with van der Waals surface area (Å²) >= 11 is 6.26. The Morgan fingerprint density at radius 3 is 2.00 bits per heavy atom. The van der Waals surface area contributed by atoms with E-state index in [1.54, 1.807) is 11.0 Å². The summed E-state index contributed by atoms with van der Waals surface area (Å²) in [5, 5.41) is 3.61. The fraction of sp³-hybridized carbons (Fsp3) is 0.259. The molecule has 32 heavy (non-hydrogen) atoms. The van der Waals surface area contributed by atoms with Gasteiger partial charge in [-0.05, 0) is 22.8 Å². The molecule has 3 rings (SSSR count). The Morgan fingerprint density at radius 2 is 1.41 bits per heavy atom. The van der Waals surface area contributed by atoms with Gasteiger partial charge in [-0.2, -0.15) is 0 Å². The van der Waals surface area contributed by atoms with Gasteiger partial charge in [0.15, 0.2) is 0 Å². The van der Waals surface area contributed by atoms with Crippen LogP contribution in [0.15, 0.2) is 84.9 Å². The van der Waals surface area contributed by atoms with Crippen molar-refractivity contribution in [2.75, 3.05) is 0 Å². The summed E-state index contributed by atoms with van der Waals surface area (Å²) in [6.45, 7) is 4.40. The first-order chi connectivity index (χ1) is 15.5. The molecule has 1 atom stereocenters. The van der Waals surface area contributed by atoms with E-state index < -0.39 is 6.04 Å². The topological polar surface area (TPSA) is 49.4 Å². The number of carbonyl (C=O) groups excluding carboxylic acids is 2. The highest BCUT2D eigenvalue weighted by atomic mass is 35.5. The highest BCUT2D eigenvalue weighted by Crippen LogP contribution is 2.18. The number of halogens is 1. The lowest BCUT2D eigenvalue weighted by molar-refractivity contribution is -0.143. The van der Waals surface area contributed by atoms with Gasteiger partial charge < -0.3 is 10.2 Å². The molecular formula is C27H29ClN2O2. The first-order valence-corrected chi connectivity index (χ1v) is 11.2. The smallest absolute Gasteiger partial charge is 0.243 e. The Hall–Kier alpha value is -3.11. The van der Waals surface area contributed by atoms with Crippen LogP contribution in [0.3, 0.4) is 0 Å². The van der Waals surface area contributed by atoms with Crippen LogP contribution in [0, 0.1) is 5.92 Å². The molecule has 5 heteroatoms. The van der Waals surface area contributed by atoms with E-state index in [0.29, 0.717) is 24.5 Å². The molecule has 0 aliphatic carbocycles. The molecule has 0 aliphatic rings. The molecule has 1 N–H and O–H groups in total. The average Bonchev–Trinajstić information content (AvgIpc) is 2.81. The van der Waals surface area contributed by atoms with Crippen molar-refractivity contribution in [2.24, 2.45) is 5.92 Å². The van der Waals surface area contributed by atoms with Crippen LogP contribution >= 0.6 is 11.6 Å². The highest BCUT2D eigenvalue weighted by molar-refractivity contribution is 6.31. The van der Waals surface area contributed by atoms with Crippen LogP contribution in [0.25, 0.3) is 0 Å². The number of carbonyl (C=O) groups is 2. The second-order valence-electron chi connectivity index (χ2n) is 8.12. The fourth-order valence-corrected chi connectivity index (χ4v) is 3.78. The lowest BCUT2D eigenvalue weighted by Crippen LogP contribution is -2.51. The Labute approximate surface area is 195 Å². The van der Waals surface area contributed by atoms with Crippen molar-refractivity contribution < 1.29 is 9.59 Å². The summed E-state index contributed by atoms with van der Waals surface area (Å²) < 4.78 is 0. The van der Waals surface area contributed by atoms with Crippen molar-refractivity contribution in [1.82, 2.24) is 10.2 Å². The summed E-state index contributed by atoms with van der Waals surface area (Å²) in [4.78, 5) is 28.4. The van der Waals surface area contributed by atoms with E-state index in [0.717, 1.165) is 16.7 Å². The number of hydrogen-bond acceptors (Lipinski definition) is 2. The number of rotatable bonds is 9. The van der Waals surface area contributed by atoms with Gasteiger partial charge in [0, 0.05) is 30.5 Å². The molecule has 3 aromatic rings. The maximum atomic E-state index is 13.4. The molecule has 166 valence electrons. The molecule has 4 nitrogen and oxygen atoms in total. The highest BCUT2D eigenvalue weighted by Gasteiger charge is 2.31. The van der Waals surface area contributed by atoms with Crippen molar-refractivity contribution >= 4 is 23.4 Å². The number of amides is 2. The number of hydrogen-bond donors (Lipinski definition) is 1. The Balaban J connectivity index is 1.89. The van der Waals surface area contributed by atoms with Crippen molar-refractivity contribution in [1.29, 1.82) is 0 Å². The van der Waals surface area contributed by atoms with E-state index in [-0.39, 0.29) is 17.7 Å². The zero-order chi connectivity index (χ0) is 22.9. The minimum Gasteiger partial charge on any atom is -0.350 e. The van der Waals surface area contributed by atoms with E-state index in [4.69, 9.17) is 11.6 Å². The normalized spacial score (nSPS) is 11.8. The summed E-state index contributed by atoms with van der Waals surface area (Å²) in [5.41, 5.74) is 2.82. The zero-order valence-corrected chi connectivity index (χ0v) is 19.3. The third-order valence-electron chi connectivity index (χ3n) is 5.33. The van der Waals surface area contributed by atoms with Crippen LogP contribution < -0.4 is 5.32 Å². The third-order valence-corrected chi connectivity index (χ3v) is 5.70. The second-order valence-corrected chi connectivity index (χ2v) is 8.53. The average molecular weight is 449 g/mol. The van der Waals surface area contributed by atoms with Gasteiger partial charge in [-0.3, -0.25) is 9.59 Å². The summed E-state index contributed by atoms with van der Waals surface area (Å²) in [7, 11) is 0. The van der Waals surface area contributed by atoms with Gasteiger partial charge >= 0.3 is 0 Å². The van der Waals surface area contributed by atoms with Crippen LogP contribution in [0.1, 0.15) is 30.5 Å². The summed E-state index contributed by atoms with van der Waals surface area (Å²) in [6, 6.07) is 26.3. The lowest BCUT2D eigenvalue weighted by atomic mass is 10.0. The van der Waals surface area contributed by atoms with Crippen molar-refractivity contribution in [3.63, 3.8) is 0 Å². The molecule has 0 unspecified atom stereocenters. The van der Waals surface area contributed by atoms with E-state index >= 15 is 0 Å². The molecule has 0 aromatic heterocycles. The molecule has 0 heterocycles. The van der Waals surface area contributed by atoms with E-state index in [9.17, 15) is 9.59 Å². The van der Waals surface area contributed by atoms with Crippen LogP contribution in [-0.4, -0.2) is 22.8 Å². The fourth-order valence-electron chi connectivity index (χ4n) is 3.58. The Morgan fingerprint density at radius 1 is 0.844 bits per heavy atom. The van der Waals surface area contributed by atoms with Gasteiger partial charge in [-0.25, -0.2) is 0 Å². The first kappa shape index (κ1) is 23.6. The molecule has 3 aromatic carbocycles. The SMILES string of the molecule is CC(C)C(=O)N(Cc1ccccc1)[C@@H](Cc1ccccc1)C(=O)NCc1ccccc1Cl. The Kier molecular flexibility index (Phi) is 8.46. The van der Waals surface area contributed by atoms with Gasteiger partial charge in [0.2, 0.25) is 11.8 Å². The van der Waals surface area contributed by atoms with Crippen LogP contribution in [0.2, 0.25) is 5.02 Å². The Bertz CT molecular complexity index is 1020. The molecule has 0 fully saturated rings. The van der Waals surface area contributed by atoms with Crippen molar-refractivity contribution in [3.8, 4) is 0 Å². The molecular weight excluding hydrogens is 420 g/mol. The predicted molar refractivity (Wildman–Crippen MR) is 129 cm³/mol. The number of benzene rings is 3. The van der Waals surface area contributed by atoms with Crippen LogP contribution in [-0.2, 0) is 29.1 Å². The molecule has 0 saturated heterocycles. The van der Waals surface area contributed by atoms with Gasteiger partial charge in [0.05, 0.1) is 0 Å². The standard InChI is InChI=1S/C27H29ClN2O2/c1-20(2)27(32)30(19-22-13-7-4-8-14-22)25(17-21-11-5-3-6-12-21)26(31)29-18-23-15-9-10-16-24(23)28/h3-16,20,25H,17-19H2,1-2H3,(H,29,31)/t25-/m0/s1. The van der Waals surface area contributed by atoms with Crippen LogP contribution in [0.4, 0.5) is 0 Å². The summed E-state index contributed by atoms with van der Waals surface area (Å²) in [5.74, 6) is -0.477. The largest absolute Gasteiger partial charge is 0.350 e. The van der Waals surface area contributed by atoms with Crippen molar-refractivity contribution in [3.05, 3.63) is 107 Å². The lowest BCUT2D eigenvalue weighted by Gasteiger charge is -2.33. The zero-order valence-electron chi connectivity index (χ0n) is 18.5. The maximum absolute atomic E-state index is 13.4. The quantitative estimate of drug-likeness (QED) is 0.486. The van der Waals surface area contributed by atoms with E-state index in [1.807, 2.05) is 92.7 Å². The first-order valence-electron chi connectivity index (χ1n) is 10.8. The van der Waals surface area contributed by atoms with E-state index in [2.05, 4.69) is 5.32 Å². The molecule has 0 bridgehead atoms. The molecule has 0 spiro atoms. The third kappa shape index (κ3) is 6.44. The summed E-state index contributed by atoms with van der Waals surface area (Å²) in [6.07, 6.45) is 0.431. The minimum atomic E-state index is -0.644. The van der Waals surface area contributed by atoms with Crippen molar-refractivity contribution in [2.45, 2.75) is 39.4 Å². The minimum absolute atomic E-state index is 0.0531. The monoisotopic (exact) mass is 448 g/mol. The number of nitrogens with zero attached hydrogens (tertiary/aromatic N) is 1. The molecule has 0 aliphatic heterocycles. The second kappa shape index (κ2) is 11.5.